The Labute approximate surface area is 340 Å². The summed E-state index contributed by atoms with van der Waals surface area (Å²) in [7, 11) is 0. The normalized spacial score (nSPS) is 11.7. The van der Waals surface area contributed by atoms with Gasteiger partial charge in [-0.1, -0.05) is 176 Å². The van der Waals surface area contributed by atoms with E-state index in [1.54, 1.807) is 0 Å². The lowest BCUT2D eigenvalue weighted by Gasteiger charge is -2.16. The smallest absolute Gasteiger partial charge is 0.164 e. The molecule has 0 saturated heterocycles. The van der Waals surface area contributed by atoms with Crippen LogP contribution in [0.2, 0.25) is 0 Å². The largest absolute Gasteiger partial charge is 0.308 e. The van der Waals surface area contributed by atoms with Gasteiger partial charge in [-0.25, -0.2) is 15.0 Å². The van der Waals surface area contributed by atoms with Crippen LogP contribution in [0.3, 0.4) is 0 Å². The standard InChI is InChI=1S/C55H34N4/c1-2-14-38(15-3-1)53-56-54(39-25-22-36(23-26-39)43-27-24-35-12-4-5-16-40(35)32-43)58-55(57-53)48-30-31-50(46-21-11-10-20-45(46)48)59-51-34-42-18-7-6-17-41(42)33-49(51)47-29-28-37-13-8-9-19-44(37)52(47)59/h1-34H. The van der Waals surface area contributed by atoms with Crippen LogP contribution in [0.4, 0.5) is 0 Å². The number of nitrogens with zero attached hydrogens (tertiary/aromatic N) is 4. The Balaban J connectivity index is 1.06. The van der Waals surface area contributed by atoms with Crippen LogP contribution in [0.5, 0.6) is 0 Å². The maximum absolute atomic E-state index is 5.23. The molecule has 0 radical (unpaired) electrons. The summed E-state index contributed by atoms with van der Waals surface area (Å²) < 4.78 is 2.47. The second-order valence-electron chi connectivity index (χ2n) is 15.2. The van der Waals surface area contributed by atoms with Gasteiger partial charge < -0.3 is 4.57 Å². The van der Waals surface area contributed by atoms with Crippen LogP contribution in [0.25, 0.3) is 116 Å². The summed E-state index contributed by atoms with van der Waals surface area (Å²) in [6.07, 6.45) is 0. The third kappa shape index (κ3) is 5.49. The molecule has 0 saturated carbocycles. The summed E-state index contributed by atoms with van der Waals surface area (Å²) in [6.45, 7) is 0. The minimum absolute atomic E-state index is 0.632. The van der Waals surface area contributed by atoms with Crippen LogP contribution in [0.1, 0.15) is 0 Å². The van der Waals surface area contributed by atoms with E-state index < -0.39 is 0 Å². The summed E-state index contributed by atoms with van der Waals surface area (Å²) in [5, 5.41) is 12.0. The SMILES string of the molecule is c1ccc(-c2nc(-c3ccc(-c4ccc5ccccc5c4)cc3)nc(-c3ccc(-n4c5cc6ccccc6cc5c5ccc6ccccc6c54)c4ccccc34)n2)cc1. The maximum atomic E-state index is 5.23. The van der Waals surface area contributed by atoms with Gasteiger partial charge in [-0.05, 0) is 73.8 Å². The van der Waals surface area contributed by atoms with Gasteiger partial charge in [0, 0.05) is 38.2 Å². The third-order valence-corrected chi connectivity index (χ3v) is 11.8. The van der Waals surface area contributed by atoms with Gasteiger partial charge in [-0.15, -0.1) is 0 Å². The molecule has 12 aromatic rings. The highest BCUT2D eigenvalue weighted by molar-refractivity contribution is 6.21. The number of hydrogen-bond donors (Lipinski definition) is 0. The first-order valence-corrected chi connectivity index (χ1v) is 20.0. The minimum Gasteiger partial charge on any atom is -0.308 e. The zero-order chi connectivity index (χ0) is 38.9. The van der Waals surface area contributed by atoms with Crippen LogP contribution < -0.4 is 0 Å². The van der Waals surface area contributed by atoms with E-state index in [-0.39, 0.29) is 0 Å². The fourth-order valence-electron chi connectivity index (χ4n) is 8.91. The average Bonchev–Trinajstić information content (AvgIpc) is 3.63. The summed E-state index contributed by atoms with van der Waals surface area (Å²) in [6, 6.07) is 73.5. The van der Waals surface area contributed by atoms with Crippen LogP contribution in [-0.2, 0) is 0 Å². The summed E-state index contributed by atoms with van der Waals surface area (Å²) in [5.41, 5.74) is 8.63. The van der Waals surface area contributed by atoms with Gasteiger partial charge in [0.2, 0.25) is 0 Å². The molecule has 0 bridgehead atoms. The Morgan fingerprint density at radius 1 is 0.288 bits per heavy atom. The lowest BCUT2D eigenvalue weighted by molar-refractivity contribution is 1.08. The Hall–Kier alpha value is -7.95. The van der Waals surface area contributed by atoms with Crippen molar-refractivity contribution < 1.29 is 0 Å². The van der Waals surface area contributed by atoms with E-state index in [1.807, 2.05) is 18.2 Å². The molecule has 0 unspecified atom stereocenters. The van der Waals surface area contributed by atoms with Gasteiger partial charge in [0.15, 0.2) is 17.5 Å². The van der Waals surface area contributed by atoms with Gasteiger partial charge in [-0.3, -0.25) is 0 Å². The molecule has 4 heteroatoms. The van der Waals surface area contributed by atoms with Crippen molar-refractivity contribution in [2.75, 3.05) is 0 Å². The van der Waals surface area contributed by atoms with Crippen molar-refractivity contribution in [1.29, 1.82) is 0 Å². The van der Waals surface area contributed by atoms with Gasteiger partial charge in [0.1, 0.15) is 0 Å². The number of rotatable bonds is 5. The van der Waals surface area contributed by atoms with Crippen molar-refractivity contribution in [3.8, 4) is 51.0 Å². The Morgan fingerprint density at radius 3 is 1.59 bits per heavy atom. The van der Waals surface area contributed by atoms with Crippen molar-refractivity contribution in [3.05, 3.63) is 206 Å². The molecule has 0 aliphatic carbocycles. The van der Waals surface area contributed by atoms with E-state index in [1.165, 1.54) is 59.7 Å². The van der Waals surface area contributed by atoms with E-state index in [0.717, 1.165) is 38.7 Å². The zero-order valence-corrected chi connectivity index (χ0v) is 31.9. The molecular formula is C55H34N4. The first kappa shape index (κ1) is 33.2. The van der Waals surface area contributed by atoms with Crippen molar-refractivity contribution in [2.45, 2.75) is 0 Å². The van der Waals surface area contributed by atoms with E-state index in [9.17, 15) is 0 Å². The molecule has 0 spiro atoms. The fourth-order valence-corrected chi connectivity index (χ4v) is 8.91. The molecule has 2 aromatic heterocycles. The highest BCUT2D eigenvalue weighted by atomic mass is 15.0. The monoisotopic (exact) mass is 750 g/mol. The molecular weight excluding hydrogens is 717 g/mol. The molecule has 0 atom stereocenters. The molecule has 274 valence electrons. The summed E-state index contributed by atoms with van der Waals surface area (Å²) in [5.74, 6) is 1.90. The van der Waals surface area contributed by atoms with E-state index in [4.69, 9.17) is 15.0 Å². The lowest BCUT2D eigenvalue weighted by Crippen LogP contribution is -2.02. The first-order chi connectivity index (χ1) is 29.2. The predicted octanol–water partition coefficient (Wildman–Crippen LogP) is 14.2. The van der Waals surface area contributed by atoms with E-state index >= 15 is 0 Å². The maximum Gasteiger partial charge on any atom is 0.164 e. The molecule has 4 nitrogen and oxygen atoms in total. The number of hydrogen-bond acceptors (Lipinski definition) is 3. The number of aromatic nitrogens is 4. The zero-order valence-electron chi connectivity index (χ0n) is 31.9. The highest BCUT2D eigenvalue weighted by Crippen LogP contribution is 2.41. The second-order valence-corrected chi connectivity index (χ2v) is 15.2. The topological polar surface area (TPSA) is 43.6 Å². The molecule has 0 N–H and O–H groups in total. The number of benzene rings is 10. The molecule has 0 fully saturated rings. The van der Waals surface area contributed by atoms with Crippen molar-refractivity contribution in [1.82, 2.24) is 19.5 Å². The van der Waals surface area contributed by atoms with Gasteiger partial charge in [-0.2, -0.15) is 0 Å². The van der Waals surface area contributed by atoms with Crippen LogP contribution in [0, 0.1) is 0 Å². The molecule has 2 heterocycles. The second kappa shape index (κ2) is 13.3. The van der Waals surface area contributed by atoms with Gasteiger partial charge >= 0.3 is 0 Å². The van der Waals surface area contributed by atoms with Crippen LogP contribution in [0.15, 0.2) is 206 Å². The summed E-state index contributed by atoms with van der Waals surface area (Å²) in [4.78, 5) is 15.5. The molecule has 0 amide bonds. The third-order valence-electron chi connectivity index (χ3n) is 11.8. The fraction of sp³-hybridized carbons (Fsp3) is 0. The van der Waals surface area contributed by atoms with E-state index in [2.05, 4.69) is 193 Å². The molecule has 10 aromatic carbocycles. The van der Waals surface area contributed by atoms with E-state index in [0.29, 0.717) is 17.5 Å². The Kier molecular flexibility index (Phi) is 7.50. The van der Waals surface area contributed by atoms with Crippen molar-refractivity contribution in [2.24, 2.45) is 0 Å². The highest BCUT2D eigenvalue weighted by Gasteiger charge is 2.20. The lowest BCUT2D eigenvalue weighted by atomic mass is 10.00. The Morgan fingerprint density at radius 2 is 0.831 bits per heavy atom. The van der Waals surface area contributed by atoms with Crippen molar-refractivity contribution >= 4 is 64.9 Å². The first-order valence-electron chi connectivity index (χ1n) is 20.0. The number of fused-ring (bicyclic) bond motifs is 8. The Bertz CT molecular complexity index is 3600. The summed E-state index contributed by atoms with van der Waals surface area (Å²) >= 11 is 0. The minimum atomic E-state index is 0.632. The van der Waals surface area contributed by atoms with Crippen molar-refractivity contribution in [3.63, 3.8) is 0 Å². The quantitative estimate of drug-likeness (QED) is 0.176. The molecule has 0 aliphatic rings. The van der Waals surface area contributed by atoms with Gasteiger partial charge in [0.05, 0.1) is 16.7 Å². The molecule has 59 heavy (non-hydrogen) atoms. The molecule has 0 aliphatic heterocycles. The van der Waals surface area contributed by atoms with Crippen LogP contribution in [-0.4, -0.2) is 19.5 Å². The average molecular weight is 751 g/mol. The molecule has 12 rings (SSSR count). The van der Waals surface area contributed by atoms with Crippen LogP contribution >= 0.6 is 0 Å². The van der Waals surface area contributed by atoms with Gasteiger partial charge in [0.25, 0.3) is 0 Å². The predicted molar refractivity (Wildman–Crippen MR) is 246 cm³/mol.